The molecular weight excluding hydrogens is 260 g/mol. The molecule has 1 saturated heterocycles. The SMILES string of the molecule is CCC(C)N(CC(=O)O)C(=O)N(C)CC1CCCCO1. The maximum atomic E-state index is 12.4. The summed E-state index contributed by atoms with van der Waals surface area (Å²) in [5.41, 5.74) is 0. The topological polar surface area (TPSA) is 70.1 Å². The number of urea groups is 1. The Bertz CT molecular complexity index is 329. The number of hydrogen-bond acceptors (Lipinski definition) is 3. The van der Waals surface area contributed by atoms with Gasteiger partial charge in [0.15, 0.2) is 0 Å². The first-order valence-corrected chi connectivity index (χ1v) is 7.30. The van der Waals surface area contributed by atoms with Crippen LogP contribution in [0.5, 0.6) is 0 Å². The Morgan fingerprint density at radius 1 is 1.40 bits per heavy atom. The van der Waals surface area contributed by atoms with Crippen LogP contribution < -0.4 is 0 Å². The minimum atomic E-state index is -0.985. The van der Waals surface area contributed by atoms with E-state index in [0.717, 1.165) is 32.3 Å². The number of carbonyl (C=O) groups is 2. The van der Waals surface area contributed by atoms with Crippen molar-refractivity contribution in [3.63, 3.8) is 0 Å². The summed E-state index contributed by atoms with van der Waals surface area (Å²) in [6, 6.07) is -0.329. The predicted octanol–water partition coefficient (Wildman–Crippen LogP) is 1.79. The molecule has 0 aliphatic carbocycles. The van der Waals surface area contributed by atoms with Crippen molar-refractivity contribution in [2.24, 2.45) is 0 Å². The Labute approximate surface area is 120 Å². The van der Waals surface area contributed by atoms with Gasteiger partial charge in [-0.2, -0.15) is 0 Å². The van der Waals surface area contributed by atoms with E-state index in [1.54, 1.807) is 11.9 Å². The molecular formula is C14H26N2O4. The lowest BCUT2D eigenvalue weighted by Crippen LogP contribution is -2.50. The molecule has 1 rings (SSSR count). The summed E-state index contributed by atoms with van der Waals surface area (Å²) in [6.45, 7) is 4.81. The Morgan fingerprint density at radius 3 is 2.60 bits per heavy atom. The van der Waals surface area contributed by atoms with Crippen molar-refractivity contribution in [2.45, 2.75) is 51.7 Å². The monoisotopic (exact) mass is 286 g/mol. The van der Waals surface area contributed by atoms with E-state index in [1.165, 1.54) is 4.90 Å². The average Bonchev–Trinajstić information content (AvgIpc) is 2.44. The highest BCUT2D eigenvalue weighted by atomic mass is 16.5. The van der Waals surface area contributed by atoms with Crippen LogP contribution in [-0.4, -0.2) is 65.8 Å². The summed E-state index contributed by atoms with van der Waals surface area (Å²) in [5, 5.41) is 8.94. The molecule has 1 aliphatic rings. The third-order valence-electron chi connectivity index (χ3n) is 3.75. The van der Waals surface area contributed by atoms with E-state index in [2.05, 4.69) is 0 Å². The zero-order chi connectivity index (χ0) is 15.1. The Morgan fingerprint density at radius 2 is 2.10 bits per heavy atom. The van der Waals surface area contributed by atoms with Crippen LogP contribution in [0, 0.1) is 0 Å². The molecule has 1 fully saturated rings. The number of carbonyl (C=O) groups excluding carboxylic acids is 1. The van der Waals surface area contributed by atoms with Gasteiger partial charge in [0.05, 0.1) is 6.10 Å². The van der Waals surface area contributed by atoms with E-state index in [1.807, 2.05) is 13.8 Å². The lowest BCUT2D eigenvalue weighted by atomic mass is 10.1. The lowest BCUT2D eigenvalue weighted by Gasteiger charge is -2.33. The molecule has 1 aliphatic heterocycles. The molecule has 0 aromatic heterocycles. The Kier molecular flexibility index (Phi) is 6.78. The predicted molar refractivity (Wildman–Crippen MR) is 75.7 cm³/mol. The maximum absolute atomic E-state index is 12.4. The van der Waals surface area contributed by atoms with Crippen LogP contribution in [0.3, 0.4) is 0 Å². The molecule has 2 unspecified atom stereocenters. The summed E-state index contributed by atoms with van der Waals surface area (Å²) in [4.78, 5) is 26.3. The van der Waals surface area contributed by atoms with E-state index in [4.69, 9.17) is 9.84 Å². The van der Waals surface area contributed by atoms with Crippen molar-refractivity contribution in [3.05, 3.63) is 0 Å². The minimum absolute atomic E-state index is 0.0707. The van der Waals surface area contributed by atoms with E-state index >= 15 is 0 Å². The first kappa shape index (κ1) is 16.8. The molecule has 0 spiro atoms. The first-order valence-electron chi connectivity index (χ1n) is 7.30. The molecule has 6 nitrogen and oxygen atoms in total. The third kappa shape index (κ3) is 5.00. The summed E-state index contributed by atoms with van der Waals surface area (Å²) in [5.74, 6) is -0.985. The third-order valence-corrected chi connectivity index (χ3v) is 3.75. The highest BCUT2D eigenvalue weighted by molar-refractivity contribution is 5.80. The van der Waals surface area contributed by atoms with E-state index in [0.29, 0.717) is 6.54 Å². The molecule has 0 bridgehead atoms. The van der Waals surface area contributed by atoms with Crippen molar-refractivity contribution in [3.8, 4) is 0 Å². The van der Waals surface area contributed by atoms with Crippen LogP contribution >= 0.6 is 0 Å². The summed E-state index contributed by atoms with van der Waals surface area (Å²) in [7, 11) is 1.71. The summed E-state index contributed by atoms with van der Waals surface area (Å²) in [6.07, 6.45) is 3.96. The van der Waals surface area contributed by atoms with Gasteiger partial charge in [-0.1, -0.05) is 6.92 Å². The Balaban J connectivity index is 2.59. The van der Waals surface area contributed by atoms with Gasteiger partial charge in [0.2, 0.25) is 0 Å². The molecule has 1 heterocycles. The fourth-order valence-electron chi connectivity index (χ4n) is 2.33. The van der Waals surface area contributed by atoms with Gasteiger partial charge in [0.1, 0.15) is 6.54 Å². The van der Waals surface area contributed by atoms with Gasteiger partial charge in [0.25, 0.3) is 0 Å². The second-order valence-electron chi connectivity index (χ2n) is 5.43. The Hall–Kier alpha value is -1.30. The van der Waals surface area contributed by atoms with Gasteiger partial charge in [-0.3, -0.25) is 4.79 Å². The van der Waals surface area contributed by atoms with Crippen LogP contribution in [0.1, 0.15) is 39.5 Å². The quantitative estimate of drug-likeness (QED) is 0.808. The van der Waals surface area contributed by atoms with Gasteiger partial charge >= 0.3 is 12.0 Å². The van der Waals surface area contributed by atoms with Gasteiger partial charge in [-0.15, -0.1) is 0 Å². The number of carboxylic acid groups (broad SMARTS) is 1. The minimum Gasteiger partial charge on any atom is -0.480 e. The van der Waals surface area contributed by atoms with Gasteiger partial charge < -0.3 is 19.6 Å². The smallest absolute Gasteiger partial charge is 0.323 e. The second-order valence-corrected chi connectivity index (χ2v) is 5.43. The number of ether oxygens (including phenoxy) is 1. The zero-order valence-electron chi connectivity index (χ0n) is 12.7. The number of carboxylic acids is 1. The number of amides is 2. The van der Waals surface area contributed by atoms with E-state index < -0.39 is 5.97 Å². The van der Waals surface area contributed by atoms with Gasteiger partial charge in [-0.05, 0) is 32.6 Å². The van der Waals surface area contributed by atoms with Crippen molar-refractivity contribution >= 4 is 12.0 Å². The lowest BCUT2D eigenvalue weighted by molar-refractivity contribution is -0.138. The van der Waals surface area contributed by atoms with Gasteiger partial charge in [0, 0.05) is 26.2 Å². The summed E-state index contributed by atoms with van der Waals surface area (Å²) >= 11 is 0. The van der Waals surface area contributed by atoms with Crippen molar-refractivity contribution in [2.75, 3.05) is 26.7 Å². The molecule has 2 amide bonds. The van der Waals surface area contributed by atoms with Crippen molar-refractivity contribution in [1.82, 2.24) is 9.80 Å². The van der Waals surface area contributed by atoms with Crippen molar-refractivity contribution in [1.29, 1.82) is 0 Å². The van der Waals surface area contributed by atoms with Crippen LogP contribution in [0.4, 0.5) is 4.79 Å². The van der Waals surface area contributed by atoms with Crippen LogP contribution in [0.15, 0.2) is 0 Å². The number of rotatable bonds is 6. The average molecular weight is 286 g/mol. The van der Waals surface area contributed by atoms with E-state index in [-0.39, 0.29) is 24.7 Å². The zero-order valence-corrected chi connectivity index (χ0v) is 12.7. The van der Waals surface area contributed by atoms with Crippen LogP contribution in [0.2, 0.25) is 0 Å². The highest BCUT2D eigenvalue weighted by Gasteiger charge is 2.26. The molecule has 0 aromatic rings. The van der Waals surface area contributed by atoms with Crippen molar-refractivity contribution < 1.29 is 19.4 Å². The molecule has 116 valence electrons. The van der Waals surface area contributed by atoms with Crippen LogP contribution in [0.25, 0.3) is 0 Å². The molecule has 6 heteroatoms. The number of nitrogens with zero attached hydrogens (tertiary/aromatic N) is 2. The standard InChI is InChI=1S/C14H26N2O4/c1-4-11(2)16(10-13(17)18)14(19)15(3)9-12-7-5-6-8-20-12/h11-12H,4-10H2,1-3H3,(H,17,18). The summed E-state index contributed by atoms with van der Waals surface area (Å²) < 4.78 is 5.62. The fourth-order valence-corrected chi connectivity index (χ4v) is 2.33. The molecule has 0 radical (unpaired) electrons. The highest BCUT2D eigenvalue weighted by Crippen LogP contribution is 2.15. The number of hydrogen-bond donors (Lipinski definition) is 1. The molecule has 0 aromatic carbocycles. The number of aliphatic carboxylic acids is 1. The van der Waals surface area contributed by atoms with Gasteiger partial charge in [-0.25, -0.2) is 4.79 Å². The second kappa shape index (κ2) is 8.09. The molecule has 20 heavy (non-hydrogen) atoms. The molecule has 2 atom stereocenters. The largest absolute Gasteiger partial charge is 0.480 e. The fraction of sp³-hybridized carbons (Fsp3) is 0.857. The van der Waals surface area contributed by atoms with Crippen LogP contribution in [-0.2, 0) is 9.53 Å². The molecule has 0 saturated carbocycles. The maximum Gasteiger partial charge on any atom is 0.323 e. The molecule has 1 N–H and O–H groups in total. The first-order chi connectivity index (χ1) is 9.45. The number of likely N-dealkylation sites (N-methyl/N-ethyl adjacent to an activating group) is 1. The normalized spacial score (nSPS) is 20.2. The van der Waals surface area contributed by atoms with E-state index in [9.17, 15) is 9.59 Å².